The molecule has 110 valence electrons. The van der Waals surface area contributed by atoms with Crippen LogP contribution in [0.4, 0.5) is 0 Å². The fourth-order valence-electron chi connectivity index (χ4n) is 2.97. The van der Waals surface area contributed by atoms with Crippen molar-refractivity contribution in [1.29, 1.82) is 0 Å². The summed E-state index contributed by atoms with van der Waals surface area (Å²) in [6.45, 7) is 6.21. The summed E-state index contributed by atoms with van der Waals surface area (Å²) < 4.78 is 0.966. The summed E-state index contributed by atoms with van der Waals surface area (Å²) in [6, 6.07) is 7.92. The van der Waals surface area contributed by atoms with Crippen molar-refractivity contribution in [2.24, 2.45) is 5.41 Å². The van der Waals surface area contributed by atoms with Crippen LogP contribution in [0.5, 0.6) is 0 Å². The fraction of sp³-hybridized carbons (Fsp3) is 0.412. The van der Waals surface area contributed by atoms with Crippen LogP contribution < -0.4 is 0 Å². The van der Waals surface area contributed by atoms with Crippen molar-refractivity contribution in [3.05, 3.63) is 41.2 Å². The Hall–Kier alpha value is -2.10. The molecule has 1 aliphatic carbocycles. The number of carbonyl (C=O) groups excluding carboxylic acids is 1. The molecule has 1 heterocycles. The van der Waals surface area contributed by atoms with Crippen molar-refractivity contribution in [3.63, 3.8) is 0 Å². The van der Waals surface area contributed by atoms with Crippen molar-refractivity contribution in [2.75, 3.05) is 0 Å². The summed E-state index contributed by atoms with van der Waals surface area (Å²) in [5.74, 6) is 0.418. The number of rotatable bonds is 2. The Kier molecular flexibility index (Phi) is 3.12. The van der Waals surface area contributed by atoms with Gasteiger partial charge in [0, 0.05) is 12.0 Å². The van der Waals surface area contributed by atoms with E-state index in [2.05, 4.69) is 25.8 Å². The number of hydrogen-bond acceptors (Lipinski definition) is 3. The van der Waals surface area contributed by atoms with E-state index in [9.17, 15) is 10.0 Å². The SMILES string of the molecule is CCc1ccc(-c2nc3c(n2O)C(=O)CC(C)(C)C3)cc1. The third-order valence-corrected chi connectivity index (χ3v) is 4.10. The van der Waals surface area contributed by atoms with E-state index in [1.54, 1.807) is 0 Å². The highest BCUT2D eigenvalue weighted by atomic mass is 16.5. The molecule has 0 aliphatic heterocycles. The molecule has 1 N–H and O–H groups in total. The van der Waals surface area contributed by atoms with Gasteiger partial charge in [-0.3, -0.25) is 4.79 Å². The van der Waals surface area contributed by atoms with Gasteiger partial charge in [-0.05, 0) is 23.8 Å². The average molecular weight is 284 g/mol. The second kappa shape index (κ2) is 4.72. The number of nitrogens with zero attached hydrogens (tertiary/aromatic N) is 2. The molecule has 4 heteroatoms. The summed E-state index contributed by atoms with van der Waals surface area (Å²) in [6.07, 6.45) is 2.12. The predicted molar refractivity (Wildman–Crippen MR) is 80.7 cm³/mol. The van der Waals surface area contributed by atoms with Gasteiger partial charge in [0.25, 0.3) is 0 Å². The lowest BCUT2D eigenvalue weighted by atomic mass is 9.77. The monoisotopic (exact) mass is 284 g/mol. The lowest BCUT2D eigenvalue weighted by molar-refractivity contribution is 0.0858. The van der Waals surface area contributed by atoms with E-state index in [1.165, 1.54) is 5.56 Å². The molecule has 0 saturated carbocycles. The topological polar surface area (TPSA) is 55.1 Å². The highest BCUT2D eigenvalue weighted by molar-refractivity contribution is 5.97. The Bertz CT molecular complexity index is 696. The van der Waals surface area contributed by atoms with Crippen LogP contribution in [0.2, 0.25) is 0 Å². The summed E-state index contributed by atoms with van der Waals surface area (Å²) in [4.78, 5) is 16.8. The van der Waals surface area contributed by atoms with E-state index in [1.807, 2.05) is 24.3 Å². The van der Waals surface area contributed by atoms with Gasteiger partial charge in [-0.2, -0.15) is 4.73 Å². The molecule has 0 saturated heterocycles. The molecule has 1 aliphatic rings. The molecule has 0 bridgehead atoms. The number of carbonyl (C=O) groups is 1. The molecule has 1 aromatic carbocycles. The first-order valence-corrected chi connectivity index (χ1v) is 7.34. The molecule has 2 aromatic rings. The number of aryl methyl sites for hydroxylation is 1. The van der Waals surface area contributed by atoms with Gasteiger partial charge in [0.15, 0.2) is 11.6 Å². The van der Waals surface area contributed by atoms with E-state index in [4.69, 9.17) is 0 Å². The van der Waals surface area contributed by atoms with Crippen LogP contribution in [0, 0.1) is 5.41 Å². The van der Waals surface area contributed by atoms with E-state index in [-0.39, 0.29) is 11.2 Å². The van der Waals surface area contributed by atoms with Crippen molar-refractivity contribution in [2.45, 2.75) is 40.0 Å². The number of ketones is 1. The van der Waals surface area contributed by atoms with Crippen molar-refractivity contribution in [1.82, 2.24) is 9.71 Å². The minimum atomic E-state index is -0.0955. The van der Waals surface area contributed by atoms with Crippen LogP contribution >= 0.6 is 0 Å². The molecule has 4 nitrogen and oxygen atoms in total. The van der Waals surface area contributed by atoms with E-state index in [0.717, 1.165) is 16.7 Å². The second-order valence-corrected chi connectivity index (χ2v) is 6.53. The zero-order valence-electron chi connectivity index (χ0n) is 12.7. The maximum absolute atomic E-state index is 12.2. The zero-order valence-corrected chi connectivity index (χ0v) is 12.7. The zero-order chi connectivity index (χ0) is 15.2. The van der Waals surface area contributed by atoms with Gasteiger partial charge in [-0.15, -0.1) is 0 Å². The number of benzene rings is 1. The average Bonchev–Trinajstić information content (AvgIpc) is 2.74. The minimum Gasteiger partial charge on any atom is -0.426 e. The van der Waals surface area contributed by atoms with Gasteiger partial charge in [0.05, 0.1) is 5.69 Å². The molecule has 21 heavy (non-hydrogen) atoms. The molecule has 0 unspecified atom stereocenters. The normalized spacial score (nSPS) is 16.8. The summed E-state index contributed by atoms with van der Waals surface area (Å²) in [7, 11) is 0. The first kappa shape index (κ1) is 13.9. The summed E-state index contributed by atoms with van der Waals surface area (Å²) >= 11 is 0. The van der Waals surface area contributed by atoms with Gasteiger partial charge in [-0.25, -0.2) is 4.98 Å². The first-order valence-electron chi connectivity index (χ1n) is 7.34. The van der Waals surface area contributed by atoms with Crippen LogP contribution in [0.15, 0.2) is 24.3 Å². The number of Topliss-reactive ketones (excluding diaryl/α,β-unsaturated/α-hetero) is 1. The standard InChI is InChI=1S/C17H20N2O2/c1-4-11-5-7-12(8-6-11)16-18-13-9-17(2,3)10-14(20)15(13)19(16)21/h5-8,21H,4,9-10H2,1-3H3. The van der Waals surface area contributed by atoms with Gasteiger partial charge in [0.1, 0.15) is 5.69 Å². The third kappa shape index (κ3) is 2.35. The molecular weight excluding hydrogens is 264 g/mol. The minimum absolute atomic E-state index is 0.0346. The quantitative estimate of drug-likeness (QED) is 0.859. The smallest absolute Gasteiger partial charge is 0.185 e. The third-order valence-electron chi connectivity index (χ3n) is 4.10. The molecule has 0 atom stereocenters. The van der Waals surface area contributed by atoms with Crippen LogP contribution in [-0.4, -0.2) is 20.7 Å². The Labute approximate surface area is 124 Å². The number of fused-ring (bicyclic) bond motifs is 1. The van der Waals surface area contributed by atoms with E-state index < -0.39 is 0 Å². The lowest BCUT2D eigenvalue weighted by Crippen LogP contribution is -2.28. The molecule has 0 fully saturated rings. The van der Waals surface area contributed by atoms with Crippen molar-refractivity contribution >= 4 is 5.78 Å². The molecule has 3 rings (SSSR count). The molecule has 0 radical (unpaired) electrons. The fourth-order valence-corrected chi connectivity index (χ4v) is 2.97. The predicted octanol–water partition coefficient (Wildman–Crippen LogP) is 3.50. The second-order valence-electron chi connectivity index (χ2n) is 6.53. The Balaban J connectivity index is 2.07. The Morgan fingerprint density at radius 3 is 2.52 bits per heavy atom. The molecule has 1 aromatic heterocycles. The van der Waals surface area contributed by atoms with Gasteiger partial charge < -0.3 is 5.21 Å². The van der Waals surface area contributed by atoms with E-state index in [0.29, 0.717) is 30.1 Å². The largest absolute Gasteiger partial charge is 0.426 e. The van der Waals surface area contributed by atoms with Gasteiger partial charge >= 0.3 is 0 Å². The van der Waals surface area contributed by atoms with E-state index >= 15 is 0 Å². The van der Waals surface area contributed by atoms with Gasteiger partial charge in [0.2, 0.25) is 0 Å². The Morgan fingerprint density at radius 1 is 1.24 bits per heavy atom. The number of imidazole rings is 1. The first-order chi connectivity index (χ1) is 9.91. The van der Waals surface area contributed by atoms with Crippen LogP contribution in [0.1, 0.15) is 48.9 Å². The summed E-state index contributed by atoms with van der Waals surface area (Å²) in [5.41, 5.74) is 3.02. The number of aromatic nitrogens is 2. The lowest BCUT2D eigenvalue weighted by Gasteiger charge is -2.27. The molecule has 0 amide bonds. The molecule has 0 spiro atoms. The van der Waals surface area contributed by atoms with Crippen LogP contribution in [0.25, 0.3) is 11.4 Å². The highest BCUT2D eigenvalue weighted by Gasteiger charge is 2.36. The van der Waals surface area contributed by atoms with Crippen molar-refractivity contribution in [3.8, 4) is 11.4 Å². The van der Waals surface area contributed by atoms with Crippen LogP contribution in [-0.2, 0) is 12.8 Å². The summed E-state index contributed by atoms with van der Waals surface area (Å²) in [5, 5.41) is 10.3. The maximum atomic E-state index is 12.2. The van der Waals surface area contributed by atoms with Crippen molar-refractivity contribution < 1.29 is 10.0 Å². The van der Waals surface area contributed by atoms with Crippen LogP contribution in [0.3, 0.4) is 0 Å². The molecular formula is C17H20N2O2. The van der Waals surface area contributed by atoms with Gasteiger partial charge in [-0.1, -0.05) is 45.0 Å². The Morgan fingerprint density at radius 2 is 1.90 bits per heavy atom. The maximum Gasteiger partial charge on any atom is 0.185 e. The number of hydrogen-bond donors (Lipinski definition) is 1. The highest BCUT2D eigenvalue weighted by Crippen LogP contribution is 2.36.